The van der Waals surface area contributed by atoms with Crippen molar-refractivity contribution < 1.29 is 4.74 Å². The molecule has 0 aromatic carbocycles. The molecule has 2 aromatic heterocycles. The summed E-state index contributed by atoms with van der Waals surface area (Å²) in [6.45, 7) is 7.53. The maximum absolute atomic E-state index is 5.85. The molecule has 146 valence electrons. The van der Waals surface area contributed by atoms with Gasteiger partial charge in [-0.05, 0) is 43.7 Å². The normalized spacial score (nSPS) is 28.3. The molecule has 6 nitrogen and oxygen atoms in total. The molecule has 2 aliphatic rings. The number of H-pyrrole nitrogens is 1. The predicted octanol–water partition coefficient (Wildman–Crippen LogP) is 3.01. The molecule has 1 saturated carbocycles. The van der Waals surface area contributed by atoms with E-state index in [-0.39, 0.29) is 6.10 Å². The third kappa shape index (κ3) is 4.01. The number of likely N-dealkylation sites (tertiary alicyclic amines) is 1. The van der Waals surface area contributed by atoms with Gasteiger partial charge in [-0.3, -0.25) is 4.90 Å². The first-order valence-corrected chi connectivity index (χ1v) is 10.1. The fourth-order valence-electron chi connectivity index (χ4n) is 4.79. The van der Waals surface area contributed by atoms with Crippen LogP contribution in [0.2, 0.25) is 0 Å². The number of fused-ring (bicyclic) bond motifs is 1. The van der Waals surface area contributed by atoms with Gasteiger partial charge in [-0.15, -0.1) is 0 Å². The van der Waals surface area contributed by atoms with Crippen LogP contribution in [0.25, 0.3) is 0 Å². The maximum Gasteiger partial charge on any atom is 0.126 e. The van der Waals surface area contributed by atoms with Crippen molar-refractivity contribution in [3.63, 3.8) is 0 Å². The number of hydrogen-bond acceptors (Lipinski definition) is 5. The molecule has 0 unspecified atom stereocenters. The lowest BCUT2D eigenvalue weighted by Crippen LogP contribution is -2.44. The van der Waals surface area contributed by atoms with E-state index in [0.29, 0.717) is 17.9 Å². The number of pyridine rings is 1. The molecule has 2 fully saturated rings. The summed E-state index contributed by atoms with van der Waals surface area (Å²) < 4.78 is 5.85. The van der Waals surface area contributed by atoms with E-state index in [2.05, 4.69) is 34.0 Å². The lowest BCUT2D eigenvalue weighted by Gasteiger charge is -2.37. The molecule has 0 spiro atoms. The van der Waals surface area contributed by atoms with Crippen LogP contribution in [0, 0.1) is 18.8 Å². The molecule has 4 atom stereocenters. The minimum Gasteiger partial charge on any atom is -0.379 e. The van der Waals surface area contributed by atoms with Crippen molar-refractivity contribution in [3.8, 4) is 0 Å². The molecule has 4 rings (SSSR count). The average molecular weight is 370 g/mol. The van der Waals surface area contributed by atoms with Gasteiger partial charge < -0.3 is 15.0 Å². The van der Waals surface area contributed by atoms with Crippen LogP contribution in [0.3, 0.4) is 0 Å². The van der Waals surface area contributed by atoms with Crippen molar-refractivity contribution in [1.82, 2.24) is 19.9 Å². The van der Waals surface area contributed by atoms with Crippen LogP contribution in [-0.2, 0) is 17.7 Å². The summed E-state index contributed by atoms with van der Waals surface area (Å²) in [6.07, 6.45) is 5.29. The second-order valence-corrected chi connectivity index (χ2v) is 8.03. The lowest BCUT2D eigenvalue weighted by atomic mass is 9.77. The first-order chi connectivity index (χ1) is 13.2. The summed E-state index contributed by atoms with van der Waals surface area (Å²) >= 11 is 0. The number of rotatable bonds is 6. The lowest BCUT2D eigenvalue weighted by molar-refractivity contribution is 0.0304. The standard InChI is InChI=1S/C21H31N5O/c1-4-20-23-14(2)18(25-20)13-26-11-15-9-17(19(27-3)10-16(15)12-26)24-21-7-5-6-8-22-21/h5-8,15-17,19H,4,9-13H2,1-3H3,(H,22,24)(H,23,25)/t15-,16+,17-,19-/m1/s1. The summed E-state index contributed by atoms with van der Waals surface area (Å²) in [4.78, 5) is 15.2. The third-order valence-corrected chi connectivity index (χ3v) is 6.24. The highest BCUT2D eigenvalue weighted by Crippen LogP contribution is 2.38. The van der Waals surface area contributed by atoms with Crippen molar-refractivity contribution in [2.75, 3.05) is 25.5 Å². The Hall–Kier alpha value is -1.92. The van der Waals surface area contributed by atoms with E-state index in [9.17, 15) is 0 Å². The summed E-state index contributed by atoms with van der Waals surface area (Å²) in [5.74, 6) is 3.46. The smallest absolute Gasteiger partial charge is 0.126 e. The monoisotopic (exact) mass is 369 g/mol. The highest BCUT2D eigenvalue weighted by Gasteiger charge is 2.42. The highest BCUT2D eigenvalue weighted by molar-refractivity contribution is 5.35. The van der Waals surface area contributed by atoms with E-state index in [0.717, 1.165) is 50.5 Å². The van der Waals surface area contributed by atoms with E-state index in [1.807, 2.05) is 31.5 Å². The Kier molecular flexibility index (Phi) is 5.45. The Morgan fingerprint density at radius 2 is 2.07 bits per heavy atom. The SMILES string of the molecule is CCc1nc(CN2C[C@H]3C[C@@H](Nc4ccccn4)[C@H](OC)C[C@H]3C2)c(C)[nH]1. The number of anilines is 1. The van der Waals surface area contributed by atoms with Crippen LogP contribution >= 0.6 is 0 Å². The predicted molar refractivity (Wildman–Crippen MR) is 107 cm³/mol. The molecule has 0 amide bonds. The molecule has 0 radical (unpaired) electrons. The van der Waals surface area contributed by atoms with Crippen LogP contribution in [0.1, 0.15) is 37.0 Å². The van der Waals surface area contributed by atoms with Crippen molar-refractivity contribution in [2.24, 2.45) is 11.8 Å². The van der Waals surface area contributed by atoms with E-state index in [4.69, 9.17) is 9.72 Å². The van der Waals surface area contributed by atoms with Crippen LogP contribution in [0.5, 0.6) is 0 Å². The van der Waals surface area contributed by atoms with E-state index < -0.39 is 0 Å². The van der Waals surface area contributed by atoms with Crippen LogP contribution in [-0.4, -0.2) is 52.2 Å². The molecule has 3 heterocycles. The second kappa shape index (κ2) is 7.98. The fourth-order valence-corrected chi connectivity index (χ4v) is 4.79. The fraction of sp³-hybridized carbons (Fsp3) is 0.619. The van der Waals surface area contributed by atoms with Gasteiger partial charge in [0.2, 0.25) is 0 Å². The highest BCUT2D eigenvalue weighted by atomic mass is 16.5. The van der Waals surface area contributed by atoms with Gasteiger partial charge in [0.1, 0.15) is 11.6 Å². The largest absolute Gasteiger partial charge is 0.379 e. The number of imidazole rings is 1. The zero-order valence-electron chi connectivity index (χ0n) is 16.6. The topological polar surface area (TPSA) is 66.1 Å². The Morgan fingerprint density at radius 3 is 2.74 bits per heavy atom. The molecule has 2 aromatic rings. The van der Waals surface area contributed by atoms with Crippen molar-refractivity contribution in [2.45, 2.75) is 51.8 Å². The minimum absolute atomic E-state index is 0.243. The number of hydrogen-bond donors (Lipinski definition) is 2. The summed E-state index contributed by atoms with van der Waals surface area (Å²) in [7, 11) is 1.84. The van der Waals surface area contributed by atoms with E-state index in [1.165, 1.54) is 11.4 Å². The zero-order chi connectivity index (χ0) is 18.8. The van der Waals surface area contributed by atoms with Gasteiger partial charge in [-0.25, -0.2) is 9.97 Å². The number of ether oxygens (including phenoxy) is 1. The van der Waals surface area contributed by atoms with Gasteiger partial charge in [0.15, 0.2) is 0 Å². The summed E-state index contributed by atoms with van der Waals surface area (Å²) in [5.41, 5.74) is 2.42. The molecule has 2 N–H and O–H groups in total. The van der Waals surface area contributed by atoms with Crippen LogP contribution in [0.4, 0.5) is 5.82 Å². The van der Waals surface area contributed by atoms with E-state index >= 15 is 0 Å². The quantitative estimate of drug-likeness (QED) is 0.819. The van der Waals surface area contributed by atoms with E-state index in [1.54, 1.807) is 0 Å². The Morgan fingerprint density at radius 1 is 1.26 bits per heavy atom. The minimum atomic E-state index is 0.243. The van der Waals surface area contributed by atoms with Gasteiger partial charge in [0, 0.05) is 45.1 Å². The average Bonchev–Trinajstić information content (AvgIpc) is 3.24. The first kappa shape index (κ1) is 18.4. The van der Waals surface area contributed by atoms with Gasteiger partial charge in [-0.1, -0.05) is 13.0 Å². The zero-order valence-corrected chi connectivity index (χ0v) is 16.6. The van der Waals surface area contributed by atoms with Crippen LogP contribution < -0.4 is 5.32 Å². The molecule has 1 aliphatic heterocycles. The molecule has 6 heteroatoms. The molecule has 0 bridgehead atoms. The number of methoxy groups -OCH3 is 1. The first-order valence-electron chi connectivity index (χ1n) is 10.1. The molecular formula is C21H31N5O. The number of aromatic amines is 1. The summed E-state index contributed by atoms with van der Waals surface area (Å²) in [6, 6.07) is 6.33. The Balaban J connectivity index is 1.40. The number of nitrogens with zero attached hydrogens (tertiary/aromatic N) is 3. The number of nitrogens with one attached hydrogen (secondary N) is 2. The van der Waals surface area contributed by atoms with Crippen molar-refractivity contribution in [1.29, 1.82) is 0 Å². The second-order valence-electron chi connectivity index (χ2n) is 8.03. The van der Waals surface area contributed by atoms with Gasteiger partial charge in [-0.2, -0.15) is 0 Å². The maximum atomic E-state index is 5.85. The van der Waals surface area contributed by atoms with Gasteiger partial charge >= 0.3 is 0 Å². The number of aryl methyl sites for hydroxylation is 2. The molecule has 1 aliphatic carbocycles. The Labute approximate surface area is 161 Å². The van der Waals surface area contributed by atoms with Gasteiger partial charge in [0.05, 0.1) is 17.8 Å². The van der Waals surface area contributed by atoms with Crippen molar-refractivity contribution >= 4 is 5.82 Å². The molecule has 27 heavy (non-hydrogen) atoms. The Bertz CT molecular complexity index is 746. The third-order valence-electron chi connectivity index (χ3n) is 6.24. The number of aromatic nitrogens is 3. The van der Waals surface area contributed by atoms with Crippen LogP contribution in [0.15, 0.2) is 24.4 Å². The summed E-state index contributed by atoms with van der Waals surface area (Å²) in [5, 5.41) is 3.61. The van der Waals surface area contributed by atoms with Gasteiger partial charge in [0.25, 0.3) is 0 Å². The molecular weight excluding hydrogens is 338 g/mol. The molecule has 1 saturated heterocycles. The van der Waals surface area contributed by atoms with Crippen molar-refractivity contribution in [3.05, 3.63) is 41.6 Å².